The van der Waals surface area contributed by atoms with Gasteiger partial charge in [0, 0.05) is 42.5 Å². The Labute approximate surface area is 225 Å². The number of carbonyl (C=O) groups excluding carboxylic acids is 2. The molecule has 0 radical (unpaired) electrons. The number of aliphatic hydroxyl groups excluding tert-OH is 1. The number of rotatable bonds is 9. The van der Waals surface area contributed by atoms with Gasteiger partial charge in [-0.1, -0.05) is 48.2 Å². The van der Waals surface area contributed by atoms with Gasteiger partial charge in [-0.2, -0.15) is 4.73 Å². The van der Waals surface area contributed by atoms with Crippen LogP contribution in [0, 0.1) is 5.21 Å². The van der Waals surface area contributed by atoms with Gasteiger partial charge < -0.3 is 29.8 Å². The number of ether oxygens (including phenoxy) is 3. The molecule has 2 N–H and O–H groups in total. The lowest BCUT2D eigenvalue weighted by atomic mass is 10.0. The number of carbonyl (C=O) groups is 2. The van der Waals surface area contributed by atoms with E-state index in [1.54, 1.807) is 30.3 Å². The summed E-state index contributed by atoms with van der Waals surface area (Å²) in [6.07, 6.45) is -0.149. The van der Waals surface area contributed by atoms with Crippen LogP contribution >= 0.6 is 11.8 Å². The number of amides is 1. The van der Waals surface area contributed by atoms with Crippen molar-refractivity contribution < 1.29 is 33.6 Å². The van der Waals surface area contributed by atoms with E-state index >= 15 is 0 Å². The minimum atomic E-state index is -0.937. The number of nitrogens with one attached hydrogen (secondary N) is 1. The lowest BCUT2D eigenvalue weighted by molar-refractivity contribution is -0.645. The summed E-state index contributed by atoms with van der Waals surface area (Å²) in [7, 11) is 0. The van der Waals surface area contributed by atoms with E-state index in [1.165, 1.54) is 31.8 Å². The zero-order valence-corrected chi connectivity index (χ0v) is 21.9. The predicted molar refractivity (Wildman–Crippen MR) is 141 cm³/mol. The van der Waals surface area contributed by atoms with Gasteiger partial charge in [-0.25, -0.2) is 0 Å². The van der Waals surface area contributed by atoms with Crippen molar-refractivity contribution in [3.63, 3.8) is 0 Å². The van der Waals surface area contributed by atoms with Crippen LogP contribution in [-0.4, -0.2) is 34.9 Å². The molecule has 1 amide bonds. The van der Waals surface area contributed by atoms with Crippen molar-refractivity contribution in [2.75, 3.05) is 11.1 Å². The van der Waals surface area contributed by atoms with Gasteiger partial charge in [-0.15, -0.1) is 0 Å². The Morgan fingerprint density at radius 2 is 1.92 bits per heavy atom. The fourth-order valence-electron chi connectivity index (χ4n) is 4.03. The largest absolute Gasteiger partial charge is 0.618 e. The van der Waals surface area contributed by atoms with E-state index in [-0.39, 0.29) is 18.8 Å². The van der Waals surface area contributed by atoms with Gasteiger partial charge in [0.15, 0.2) is 18.6 Å². The summed E-state index contributed by atoms with van der Waals surface area (Å²) in [5, 5.41) is 24.8. The Balaban J connectivity index is 1.53. The van der Waals surface area contributed by atoms with Crippen LogP contribution in [0.5, 0.6) is 0 Å². The van der Waals surface area contributed by atoms with Gasteiger partial charge in [-0.3, -0.25) is 9.59 Å². The highest BCUT2D eigenvalue weighted by Crippen LogP contribution is 2.39. The number of esters is 1. The smallest absolute Gasteiger partial charge is 0.303 e. The molecule has 38 heavy (non-hydrogen) atoms. The van der Waals surface area contributed by atoms with E-state index in [1.807, 2.05) is 36.4 Å². The number of aromatic nitrogens is 1. The summed E-state index contributed by atoms with van der Waals surface area (Å²) in [5.41, 5.74) is 2.97. The Bertz CT molecular complexity index is 1250. The predicted octanol–water partition coefficient (Wildman–Crippen LogP) is 4.04. The molecule has 0 saturated carbocycles. The minimum absolute atomic E-state index is 0.0440. The zero-order chi connectivity index (χ0) is 27.1. The third-order valence-corrected chi connectivity index (χ3v) is 7.11. The molecule has 4 rings (SSSR count). The van der Waals surface area contributed by atoms with Crippen LogP contribution in [0.3, 0.4) is 0 Å². The molecule has 3 aromatic rings. The van der Waals surface area contributed by atoms with Crippen molar-refractivity contribution in [3.05, 3.63) is 94.8 Å². The molecule has 1 saturated heterocycles. The van der Waals surface area contributed by atoms with E-state index in [0.29, 0.717) is 28.5 Å². The van der Waals surface area contributed by atoms with Gasteiger partial charge in [0.25, 0.3) is 10.9 Å². The van der Waals surface area contributed by atoms with Crippen molar-refractivity contribution in [1.29, 1.82) is 0 Å². The summed E-state index contributed by atoms with van der Waals surface area (Å²) in [4.78, 5) is 23.6. The van der Waals surface area contributed by atoms with Crippen molar-refractivity contribution in [2.24, 2.45) is 0 Å². The van der Waals surface area contributed by atoms with Crippen molar-refractivity contribution >= 4 is 29.3 Å². The molecule has 1 aliphatic rings. The molecule has 2 aromatic carbocycles. The number of pyridine rings is 1. The average molecular weight is 539 g/mol. The van der Waals surface area contributed by atoms with Gasteiger partial charge >= 0.3 is 5.97 Å². The van der Waals surface area contributed by atoms with E-state index in [9.17, 15) is 19.9 Å². The number of benzene rings is 2. The number of anilines is 1. The Hall–Kier alpha value is -3.44. The highest BCUT2D eigenvalue weighted by molar-refractivity contribution is 7.99. The van der Waals surface area contributed by atoms with E-state index in [0.717, 1.165) is 15.9 Å². The summed E-state index contributed by atoms with van der Waals surface area (Å²) in [6.45, 7) is 2.71. The molecule has 0 spiro atoms. The summed E-state index contributed by atoms with van der Waals surface area (Å²) in [5.74, 6) is -0.452. The number of thioether (sulfide) groups is 1. The van der Waals surface area contributed by atoms with Crippen LogP contribution in [0.25, 0.3) is 0 Å². The highest BCUT2D eigenvalue weighted by atomic mass is 32.2. The molecule has 2 heterocycles. The molecule has 200 valence electrons. The number of nitrogens with zero attached hydrogens (tertiary/aromatic N) is 1. The lowest BCUT2D eigenvalue weighted by Gasteiger charge is -2.36. The van der Waals surface area contributed by atoms with Crippen molar-refractivity contribution in [3.8, 4) is 0 Å². The minimum Gasteiger partial charge on any atom is -0.618 e. The molecule has 1 aromatic heterocycles. The van der Waals surface area contributed by atoms with E-state index < -0.39 is 24.3 Å². The first kappa shape index (κ1) is 27.6. The second-order valence-electron chi connectivity index (χ2n) is 8.89. The topological polar surface area (TPSA) is 121 Å². The van der Waals surface area contributed by atoms with Gasteiger partial charge in [-0.05, 0) is 36.2 Å². The first-order chi connectivity index (χ1) is 18.3. The molecule has 0 aliphatic carbocycles. The van der Waals surface area contributed by atoms with Crippen molar-refractivity contribution in [2.45, 2.75) is 56.5 Å². The third kappa shape index (κ3) is 7.32. The van der Waals surface area contributed by atoms with Gasteiger partial charge in [0.1, 0.15) is 0 Å². The fourth-order valence-corrected chi connectivity index (χ4v) is 4.97. The monoisotopic (exact) mass is 538 g/mol. The summed E-state index contributed by atoms with van der Waals surface area (Å²) in [6, 6.07) is 20.0. The maximum atomic E-state index is 12.4. The van der Waals surface area contributed by atoms with Crippen LogP contribution < -0.4 is 10.0 Å². The normalized spacial score (nSPS) is 19.9. The second-order valence-corrected chi connectivity index (χ2v) is 9.93. The van der Waals surface area contributed by atoms with Crippen molar-refractivity contribution in [1.82, 2.24) is 0 Å². The SMILES string of the molecule is CC(=O)O[C@@H](C)C(=O)Nc1cccc(C2O[C@H](CSc3cccc[n+]3[O-])C[C@H](c3ccc(CO)cc3)O2)c1. The summed E-state index contributed by atoms with van der Waals surface area (Å²) >= 11 is 1.41. The number of hydrogen-bond acceptors (Lipinski definition) is 8. The standard InChI is InChI=1S/C28H30N2O7S/c1-18(35-19(2)32)27(33)29-23-7-5-6-22(14-23)28-36-24(17-38-26-8-3-4-13-30(26)34)15-25(37-28)21-11-9-20(16-31)10-12-21/h3-14,18,24-25,28,31H,15-17H2,1-2H3,(H,29,33)/t18-,24-,25+,28?/m0/s1. The van der Waals surface area contributed by atoms with Crippen LogP contribution in [0.4, 0.5) is 5.69 Å². The Kier molecular flexibility index (Phi) is 9.35. The van der Waals surface area contributed by atoms with Gasteiger partial charge in [0.05, 0.1) is 18.8 Å². The molecule has 0 bridgehead atoms. The zero-order valence-electron chi connectivity index (χ0n) is 21.1. The van der Waals surface area contributed by atoms with Crippen LogP contribution in [0.1, 0.15) is 49.4 Å². The first-order valence-electron chi connectivity index (χ1n) is 12.2. The number of hydrogen-bond donors (Lipinski definition) is 2. The lowest BCUT2D eigenvalue weighted by Crippen LogP contribution is -2.33. The molecule has 1 unspecified atom stereocenters. The Morgan fingerprint density at radius 1 is 1.13 bits per heavy atom. The van der Waals surface area contributed by atoms with E-state index in [2.05, 4.69) is 5.32 Å². The van der Waals surface area contributed by atoms with Crippen LogP contribution in [0.15, 0.2) is 78.0 Å². The van der Waals surface area contributed by atoms with Crippen LogP contribution in [0.2, 0.25) is 0 Å². The quantitative estimate of drug-likeness (QED) is 0.181. The molecule has 10 heteroatoms. The maximum Gasteiger partial charge on any atom is 0.303 e. The molecule has 1 fully saturated rings. The molecule has 1 aliphatic heterocycles. The van der Waals surface area contributed by atoms with Gasteiger partial charge in [0.2, 0.25) is 0 Å². The molecule has 4 atom stereocenters. The second kappa shape index (κ2) is 12.9. The number of aliphatic hydroxyl groups is 1. The third-order valence-electron chi connectivity index (χ3n) is 5.96. The fraction of sp³-hybridized carbons (Fsp3) is 0.321. The molecular formula is C28H30N2O7S. The van der Waals surface area contributed by atoms with E-state index in [4.69, 9.17) is 14.2 Å². The maximum absolute atomic E-state index is 12.4. The van der Waals surface area contributed by atoms with Crippen LogP contribution in [-0.2, 0) is 30.4 Å². The first-order valence-corrected chi connectivity index (χ1v) is 13.2. The highest BCUT2D eigenvalue weighted by Gasteiger charge is 2.33. The Morgan fingerprint density at radius 3 is 2.63 bits per heavy atom. The average Bonchev–Trinajstić information content (AvgIpc) is 2.92. The molecular weight excluding hydrogens is 508 g/mol. The molecule has 9 nitrogen and oxygen atoms in total. The summed E-state index contributed by atoms with van der Waals surface area (Å²) < 4.78 is 18.5.